The molecule has 0 aromatic carbocycles. The maximum Gasteiger partial charge on any atom is 0.339 e. The van der Waals surface area contributed by atoms with Crippen LogP contribution in [0, 0.1) is 0 Å². The number of carbonyl (C=O) groups is 1. The number of H-pyrrole nitrogens is 2. The first-order valence-electron chi connectivity index (χ1n) is 7.78. The summed E-state index contributed by atoms with van der Waals surface area (Å²) in [5, 5.41) is 20.5. The molecule has 11 nitrogen and oxygen atoms in total. The summed E-state index contributed by atoms with van der Waals surface area (Å²) in [7, 11) is 0. The highest BCUT2D eigenvalue weighted by Gasteiger charge is 2.45. The predicted octanol–water partition coefficient (Wildman–Crippen LogP) is -1.08. The average molecular weight is 361 g/mol. The van der Waals surface area contributed by atoms with Gasteiger partial charge in [-0.1, -0.05) is 0 Å². The van der Waals surface area contributed by atoms with Gasteiger partial charge in [0.1, 0.15) is 24.9 Å². The number of rotatable bonds is 4. The number of aliphatic hydroxyl groups is 2. The Morgan fingerprint density at radius 3 is 2.96 bits per heavy atom. The molecule has 0 unspecified atom stereocenters. The molecule has 0 aliphatic carbocycles. The largest absolute Gasteiger partial charge is 0.459 e. The van der Waals surface area contributed by atoms with Crippen LogP contribution >= 0.6 is 0 Å². The Labute approximate surface area is 145 Å². The van der Waals surface area contributed by atoms with Crippen LogP contribution in [0.2, 0.25) is 0 Å². The Balaban J connectivity index is 1.51. The summed E-state index contributed by atoms with van der Waals surface area (Å²) in [6.45, 7) is -0.251. The Hall–Kier alpha value is -3.02. The standard InChI is InChI=1S/C15H15N5O6/c21-10-8(4-25-15(24)7-1-2-16-3-7)26-14(11(10)22)20-6-19-9-12(20)17-5-18-13(9)23/h1-3,5-6,8,10-11,14,16,21-22H,4H2,(H,17,18,23)/t8-,10-,11-,14-/m1/s1. The molecule has 1 saturated heterocycles. The zero-order valence-electron chi connectivity index (χ0n) is 13.3. The smallest absolute Gasteiger partial charge is 0.339 e. The number of hydrogen-bond acceptors (Lipinski definition) is 8. The van der Waals surface area contributed by atoms with E-state index in [0.717, 1.165) is 0 Å². The number of nitrogens with one attached hydrogen (secondary N) is 2. The van der Waals surface area contributed by atoms with E-state index in [1.165, 1.54) is 23.4 Å². The third-order valence-corrected chi connectivity index (χ3v) is 4.19. The summed E-state index contributed by atoms with van der Waals surface area (Å²) < 4.78 is 12.1. The Morgan fingerprint density at radius 2 is 2.19 bits per heavy atom. The molecule has 1 aliphatic heterocycles. The SMILES string of the molecule is O=C(OC[C@H]1O[C@@H](n2cnc3c(=O)[nH]cnc32)[C@H](O)[C@@H]1O)c1cc[nH]c1. The maximum absolute atomic E-state index is 11.9. The third-order valence-electron chi connectivity index (χ3n) is 4.19. The second-order valence-electron chi connectivity index (χ2n) is 5.80. The summed E-state index contributed by atoms with van der Waals surface area (Å²) in [4.78, 5) is 36.7. The number of nitrogens with zero attached hydrogens (tertiary/aromatic N) is 3. The number of esters is 1. The lowest BCUT2D eigenvalue weighted by atomic mass is 10.1. The molecule has 4 heterocycles. The lowest BCUT2D eigenvalue weighted by Crippen LogP contribution is -2.34. The predicted molar refractivity (Wildman–Crippen MR) is 85.1 cm³/mol. The van der Waals surface area contributed by atoms with Crippen LogP contribution in [-0.4, -0.2) is 65.6 Å². The fourth-order valence-corrected chi connectivity index (χ4v) is 2.84. The molecule has 26 heavy (non-hydrogen) atoms. The van der Waals surface area contributed by atoms with Crippen molar-refractivity contribution in [3.8, 4) is 0 Å². The molecule has 1 aliphatic rings. The van der Waals surface area contributed by atoms with Crippen LogP contribution < -0.4 is 5.56 Å². The first kappa shape index (κ1) is 16.4. The van der Waals surface area contributed by atoms with Gasteiger partial charge < -0.3 is 29.7 Å². The van der Waals surface area contributed by atoms with Crippen LogP contribution in [0.4, 0.5) is 0 Å². The van der Waals surface area contributed by atoms with E-state index in [1.54, 1.807) is 12.3 Å². The lowest BCUT2D eigenvalue weighted by molar-refractivity contribution is -0.0565. The van der Waals surface area contributed by atoms with Gasteiger partial charge in [-0.05, 0) is 6.07 Å². The van der Waals surface area contributed by atoms with Gasteiger partial charge in [-0.2, -0.15) is 0 Å². The van der Waals surface area contributed by atoms with Crippen molar-refractivity contribution < 1.29 is 24.5 Å². The molecule has 4 rings (SSSR count). The van der Waals surface area contributed by atoms with Gasteiger partial charge in [0, 0.05) is 12.4 Å². The van der Waals surface area contributed by atoms with Gasteiger partial charge in [0.15, 0.2) is 17.4 Å². The van der Waals surface area contributed by atoms with Crippen molar-refractivity contribution in [2.45, 2.75) is 24.5 Å². The molecule has 0 amide bonds. The van der Waals surface area contributed by atoms with E-state index >= 15 is 0 Å². The minimum absolute atomic E-state index is 0.0834. The highest BCUT2D eigenvalue weighted by molar-refractivity contribution is 5.89. The van der Waals surface area contributed by atoms with Gasteiger partial charge in [-0.3, -0.25) is 9.36 Å². The highest BCUT2D eigenvalue weighted by atomic mass is 16.6. The van der Waals surface area contributed by atoms with Crippen molar-refractivity contribution in [3.63, 3.8) is 0 Å². The Bertz CT molecular complexity index is 980. The minimum Gasteiger partial charge on any atom is -0.459 e. The summed E-state index contributed by atoms with van der Waals surface area (Å²) >= 11 is 0. The van der Waals surface area contributed by atoms with Crippen molar-refractivity contribution in [2.24, 2.45) is 0 Å². The van der Waals surface area contributed by atoms with Gasteiger partial charge in [-0.15, -0.1) is 0 Å². The summed E-state index contributed by atoms with van der Waals surface area (Å²) in [5.74, 6) is -0.582. The van der Waals surface area contributed by atoms with E-state index < -0.39 is 36.1 Å². The van der Waals surface area contributed by atoms with Gasteiger partial charge in [0.25, 0.3) is 5.56 Å². The van der Waals surface area contributed by atoms with E-state index in [2.05, 4.69) is 19.9 Å². The molecule has 0 spiro atoms. The number of imidazole rings is 1. The fraction of sp³-hybridized carbons (Fsp3) is 0.333. The molecule has 4 atom stereocenters. The van der Waals surface area contributed by atoms with Crippen LogP contribution in [-0.2, 0) is 9.47 Å². The molecule has 11 heteroatoms. The van der Waals surface area contributed by atoms with E-state index in [1.807, 2.05) is 0 Å². The van der Waals surface area contributed by atoms with Gasteiger partial charge in [0.05, 0.1) is 18.2 Å². The van der Waals surface area contributed by atoms with E-state index in [4.69, 9.17) is 9.47 Å². The summed E-state index contributed by atoms with van der Waals surface area (Å²) in [6.07, 6.45) is 0.974. The highest BCUT2D eigenvalue weighted by Crippen LogP contribution is 2.31. The zero-order chi connectivity index (χ0) is 18.3. The van der Waals surface area contributed by atoms with Crippen LogP contribution in [0.1, 0.15) is 16.6 Å². The van der Waals surface area contributed by atoms with Crippen molar-refractivity contribution in [3.05, 3.63) is 47.0 Å². The second-order valence-corrected chi connectivity index (χ2v) is 5.80. The first-order chi connectivity index (χ1) is 12.6. The monoisotopic (exact) mass is 361 g/mol. The van der Waals surface area contributed by atoms with Crippen molar-refractivity contribution in [2.75, 3.05) is 6.61 Å². The zero-order valence-corrected chi connectivity index (χ0v) is 13.3. The quantitative estimate of drug-likeness (QED) is 0.428. The van der Waals surface area contributed by atoms with Crippen LogP contribution in [0.25, 0.3) is 11.2 Å². The lowest BCUT2D eigenvalue weighted by Gasteiger charge is -2.16. The number of hydrogen-bond donors (Lipinski definition) is 4. The van der Waals surface area contributed by atoms with Crippen LogP contribution in [0.3, 0.4) is 0 Å². The number of carbonyl (C=O) groups excluding carboxylic acids is 1. The third kappa shape index (κ3) is 2.67. The normalized spacial score (nSPS) is 25.6. The molecular weight excluding hydrogens is 346 g/mol. The summed E-state index contributed by atoms with van der Waals surface area (Å²) in [5.41, 5.74) is 0.187. The molecule has 0 bridgehead atoms. The molecule has 3 aromatic rings. The van der Waals surface area contributed by atoms with E-state index in [0.29, 0.717) is 5.56 Å². The minimum atomic E-state index is -1.32. The van der Waals surface area contributed by atoms with Crippen molar-refractivity contribution in [1.82, 2.24) is 24.5 Å². The number of aromatic nitrogens is 5. The second kappa shape index (κ2) is 6.37. The first-order valence-corrected chi connectivity index (χ1v) is 7.78. The molecule has 136 valence electrons. The van der Waals surface area contributed by atoms with Crippen molar-refractivity contribution >= 4 is 17.1 Å². The van der Waals surface area contributed by atoms with Gasteiger partial charge >= 0.3 is 5.97 Å². The van der Waals surface area contributed by atoms with Crippen LogP contribution in [0.15, 0.2) is 35.9 Å². The Morgan fingerprint density at radius 1 is 1.35 bits per heavy atom. The fourth-order valence-electron chi connectivity index (χ4n) is 2.84. The molecule has 1 fully saturated rings. The summed E-state index contributed by atoms with van der Waals surface area (Å²) in [6, 6.07) is 1.55. The van der Waals surface area contributed by atoms with Gasteiger partial charge in [-0.25, -0.2) is 14.8 Å². The maximum atomic E-state index is 11.9. The molecule has 4 N–H and O–H groups in total. The van der Waals surface area contributed by atoms with Crippen LogP contribution in [0.5, 0.6) is 0 Å². The van der Waals surface area contributed by atoms with Crippen molar-refractivity contribution in [1.29, 1.82) is 0 Å². The number of aromatic amines is 2. The molecule has 3 aromatic heterocycles. The number of fused-ring (bicyclic) bond motifs is 1. The van der Waals surface area contributed by atoms with E-state index in [9.17, 15) is 19.8 Å². The number of aliphatic hydroxyl groups excluding tert-OH is 2. The Kier molecular flexibility index (Phi) is 4.03. The molecule has 0 radical (unpaired) electrons. The van der Waals surface area contributed by atoms with E-state index in [-0.39, 0.29) is 17.8 Å². The average Bonchev–Trinajstić information content (AvgIpc) is 3.35. The topological polar surface area (TPSA) is 155 Å². The number of ether oxygens (including phenoxy) is 2. The van der Waals surface area contributed by atoms with Gasteiger partial charge in [0.2, 0.25) is 0 Å². The molecular formula is C15H15N5O6. The molecule has 0 saturated carbocycles.